The number of carbonyl (C=O) groups is 2. The SMILES string of the molecule is Cc1cc(-c2ccc(NC(=O)COc3ccc(-c4ccccc4)cc3Br)c(C)c2)ccc1NC(=O)COc1ccc(-c2ccccc2)cc1Br. The Morgan fingerprint density at radius 3 is 1.20 bits per heavy atom. The highest BCUT2D eigenvalue weighted by Crippen LogP contribution is 2.33. The Morgan fingerprint density at radius 1 is 0.480 bits per heavy atom. The van der Waals surface area contributed by atoms with Gasteiger partial charge in [0, 0.05) is 11.4 Å². The summed E-state index contributed by atoms with van der Waals surface area (Å²) in [6, 6.07) is 43.5. The van der Waals surface area contributed by atoms with Gasteiger partial charge < -0.3 is 20.1 Å². The summed E-state index contributed by atoms with van der Waals surface area (Å²) < 4.78 is 13.2. The number of nitrogens with one attached hydrogen (secondary N) is 2. The second-order valence-corrected chi connectivity index (χ2v) is 13.5. The third-order valence-corrected chi connectivity index (χ3v) is 9.37. The van der Waals surface area contributed by atoms with Gasteiger partial charge in [-0.1, -0.05) is 84.9 Å². The smallest absolute Gasteiger partial charge is 0.262 e. The molecule has 6 rings (SSSR count). The summed E-state index contributed by atoms with van der Waals surface area (Å²) in [5, 5.41) is 5.91. The Balaban J connectivity index is 1.01. The number of aryl methyl sites for hydroxylation is 2. The van der Waals surface area contributed by atoms with E-state index in [0.29, 0.717) is 22.9 Å². The molecule has 50 heavy (non-hydrogen) atoms. The van der Waals surface area contributed by atoms with Gasteiger partial charge in [0.25, 0.3) is 11.8 Å². The Kier molecular flexibility index (Phi) is 11.1. The molecule has 8 heteroatoms. The average molecular weight is 791 g/mol. The van der Waals surface area contributed by atoms with Crippen LogP contribution in [0, 0.1) is 13.8 Å². The van der Waals surface area contributed by atoms with Crippen molar-refractivity contribution in [2.75, 3.05) is 23.8 Å². The van der Waals surface area contributed by atoms with E-state index in [2.05, 4.69) is 42.5 Å². The quantitative estimate of drug-likeness (QED) is 0.137. The van der Waals surface area contributed by atoms with Crippen LogP contribution in [0.2, 0.25) is 0 Å². The predicted octanol–water partition coefficient (Wildman–Crippen LogP) is 10.9. The molecule has 2 N–H and O–H groups in total. The van der Waals surface area contributed by atoms with Gasteiger partial charge in [0.1, 0.15) is 11.5 Å². The molecule has 0 aliphatic heterocycles. The lowest BCUT2D eigenvalue weighted by Gasteiger charge is -2.14. The lowest BCUT2D eigenvalue weighted by Crippen LogP contribution is -2.21. The number of rotatable bonds is 11. The van der Waals surface area contributed by atoms with Gasteiger partial charge in [0.15, 0.2) is 13.2 Å². The molecule has 2 amide bonds. The number of carbonyl (C=O) groups excluding carboxylic acids is 2. The van der Waals surface area contributed by atoms with Crippen LogP contribution >= 0.6 is 31.9 Å². The minimum absolute atomic E-state index is 0.125. The van der Waals surface area contributed by atoms with Crippen molar-refractivity contribution in [3.63, 3.8) is 0 Å². The molecule has 0 atom stereocenters. The Bertz CT molecular complexity index is 2000. The normalized spacial score (nSPS) is 10.7. The van der Waals surface area contributed by atoms with Gasteiger partial charge in [0.05, 0.1) is 8.95 Å². The lowest BCUT2D eigenvalue weighted by molar-refractivity contribution is -0.118. The van der Waals surface area contributed by atoms with Crippen LogP contribution in [-0.4, -0.2) is 25.0 Å². The molecule has 0 aromatic heterocycles. The molecule has 0 aliphatic rings. The van der Waals surface area contributed by atoms with E-state index in [0.717, 1.165) is 53.5 Å². The fourth-order valence-corrected chi connectivity index (χ4v) is 6.47. The van der Waals surface area contributed by atoms with E-state index in [4.69, 9.17) is 9.47 Å². The first-order valence-corrected chi connectivity index (χ1v) is 17.6. The molecule has 0 saturated carbocycles. The maximum absolute atomic E-state index is 12.8. The molecular weight excluding hydrogens is 756 g/mol. The predicted molar refractivity (Wildman–Crippen MR) is 209 cm³/mol. The van der Waals surface area contributed by atoms with Crippen LogP contribution in [0.15, 0.2) is 142 Å². The molecule has 0 heterocycles. The van der Waals surface area contributed by atoms with Crippen molar-refractivity contribution in [2.24, 2.45) is 0 Å². The first-order valence-electron chi connectivity index (χ1n) is 16.0. The standard InChI is InChI=1S/C42H34Br2N2O4/c1-27-21-31(13-17-37(27)45-41(47)25-49-39-19-15-33(23-35(39)43)29-9-5-3-6-10-29)32-14-18-38(28(2)22-32)46-42(48)26-50-40-20-16-34(24-36(40)44)30-11-7-4-8-12-30/h3-24H,25-26H2,1-2H3,(H,45,47)(H,46,48). The Morgan fingerprint density at radius 2 is 0.840 bits per heavy atom. The highest BCUT2D eigenvalue weighted by molar-refractivity contribution is 9.11. The summed E-state index contributed by atoms with van der Waals surface area (Å²) in [5.74, 6) is 0.681. The van der Waals surface area contributed by atoms with E-state index in [9.17, 15) is 9.59 Å². The summed E-state index contributed by atoms with van der Waals surface area (Å²) in [6.45, 7) is 3.65. The van der Waals surface area contributed by atoms with Crippen molar-refractivity contribution in [1.29, 1.82) is 0 Å². The minimum atomic E-state index is -0.253. The fraction of sp³-hybridized carbons (Fsp3) is 0.0952. The fourth-order valence-electron chi connectivity index (χ4n) is 5.48. The third-order valence-electron chi connectivity index (χ3n) is 8.13. The molecule has 0 radical (unpaired) electrons. The van der Waals surface area contributed by atoms with Crippen molar-refractivity contribution < 1.29 is 19.1 Å². The number of benzene rings is 6. The molecule has 0 saturated heterocycles. The van der Waals surface area contributed by atoms with Gasteiger partial charge >= 0.3 is 0 Å². The van der Waals surface area contributed by atoms with E-state index in [-0.39, 0.29) is 25.0 Å². The highest BCUT2D eigenvalue weighted by atomic mass is 79.9. The summed E-state index contributed by atoms with van der Waals surface area (Å²) in [7, 11) is 0. The van der Waals surface area contributed by atoms with Crippen LogP contribution in [0.3, 0.4) is 0 Å². The largest absolute Gasteiger partial charge is 0.483 e. The maximum Gasteiger partial charge on any atom is 0.262 e. The zero-order chi connectivity index (χ0) is 35.0. The minimum Gasteiger partial charge on any atom is -0.483 e. The van der Waals surface area contributed by atoms with Crippen LogP contribution in [0.1, 0.15) is 11.1 Å². The summed E-state index contributed by atoms with van der Waals surface area (Å²) in [4.78, 5) is 25.6. The van der Waals surface area contributed by atoms with Gasteiger partial charge in [-0.05, 0) is 139 Å². The first kappa shape index (κ1) is 34.7. The second-order valence-electron chi connectivity index (χ2n) is 11.8. The van der Waals surface area contributed by atoms with E-state index in [1.54, 1.807) is 0 Å². The van der Waals surface area contributed by atoms with Crippen LogP contribution in [0.5, 0.6) is 11.5 Å². The highest BCUT2D eigenvalue weighted by Gasteiger charge is 2.13. The number of hydrogen-bond acceptors (Lipinski definition) is 4. The molecule has 6 aromatic rings. The molecule has 0 spiro atoms. The lowest BCUT2D eigenvalue weighted by atomic mass is 10.00. The zero-order valence-electron chi connectivity index (χ0n) is 27.5. The number of hydrogen-bond donors (Lipinski definition) is 2. The third kappa shape index (κ3) is 8.69. The topological polar surface area (TPSA) is 76.7 Å². The molecule has 6 nitrogen and oxygen atoms in total. The molecule has 6 aromatic carbocycles. The number of anilines is 2. The van der Waals surface area contributed by atoms with Gasteiger partial charge in [-0.25, -0.2) is 0 Å². The molecule has 0 aliphatic carbocycles. The second kappa shape index (κ2) is 16.0. The van der Waals surface area contributed by atoms with E-state index < -0.39 is 0 Å². The van der Waals surface area contributed by atoms with Gasteiger partial charge in [-0.2, -0.15) is 0 Å². The van der Waals surface area contributed by atoms with Crippen LogP contribution < -0.4 is 20.1 Å². The number of ether oxygens (including phenoxy) is 2. The average Bonchev–Trinajstić information content (AvgIpc) is 3.13. The monoisotopic (exact) mass is 788 g/mol. The molecule has 0 fully saturated rings. The van der Waals surface area contributed by atoms with Crippen LogP contribution in [0.25, 0.3) is 33.4 Å². The molecular formula is C42H34Br2N2O4. The van der Waals surface area contributed by atoms with E-state index in [1.165, 1.54) is 0 Å². The van der Waals surface area contributed by atoms with Gasteiger partial charge in [0.2, 0.25) is 0 Å². The number of halogens is 2. The van der Waals surface area contributed by atoms with E-state index >= 15 is 0 Å². The zero-order valence-corrected chi connectivity index (χ0v) is 30.7. The maximum atomic E-state index is 12.8. The molecule has 0 bridgehead atoms. The van der Waals surface area contributed by atoms with Crippen molar-refractivity contribution in [3.05, 3.63) is 154 Å². The molecule has 0 unspecified atom stereocenters. The summed E-state index contributed by atoms with van der Waals surface area (Å²) >= 11 is 7.13. The van der Waals surface area contributed by atoms with Gasteiger partial charge in [-0.3, -0.25) is 9.59 Å². The Hall–Kier alpha value is -5.18. The summed E-state index contributed by atoms with van der Waals surface area (Å²) in [5.41, 5.74) is 9.56. The Labute approximate surface area is 308 Å². The van der Waals surface area contributed by atoms with Gasteiger partial charge in [-0.15, -0.1) is 0 Å². The first-order chi connectivity index (χ1) is 24.2. The van der Waals surface area contributed by atoms with Crippen molar-refractivity contribution >= 4 is 55.0 Å². The van der Waals surface area contributed by atoms with Crippen LogP contribution in [0.4, 0.5) is 11.4 Å². The van der Waals surface area contributed by atoms with E-state index in [1.807, 2.05) is 147 Å². The van der Waals surface area contributed by atoms with Crippen molar-refractivity contribution in [2.45, 2.75) is 13.8 Å². The van der Waals surface area contributed by atoms with Crippen LogP contribution in [-0.2, 0) is 9.59 Å². The summed E-state index contributed by atoms with van der Waals surface area (Å²) in [6.07, 6.45) is 0. The van der Waals surface area contributed by atoms with Crippen molar-refractivity contribution in [1.82, 2.24) is 0 Å². The van der Waals surface area contributed by atoms with Crippen molar-refractivity contribution in [3.8, 4) is 44.9 Å². The number of amides is 2. The molecule has 250 valence electrons.